The van der Waals surface area contributed by atoms with Crippen molar-refractivity contribution in [3.8, 4) is 0 Å². The van der Waals surface area contributed by atoms with Gasteiger partial charge in [-0.25, -0.2) is 9.59 Å². The number of aliphatic hydroxyl groups is 1. The van der Waals surface area contributed by atoms with Gasteiger partial charge in [0.25, 0.3) is 0 Å². The van der Waals surface area contributed by atoms with Crippen molar-refractivity contribution < 1.29 is 28.9 Å². The second-order valence-corrected chi connectivity index (χ2v) is 7.91. The minimum absolute atomic E-state index is 0.263. The molecule has 1 aliphatic carbocycles. The van der Waals surface area contributed by atoms with Crippen molar-refractivity contribution in [1.29, 1.82) is 0 Å². The van der Waals surface area contributed by atoms with Gasteiger partial charge in [-0.2, -0.15) is 0 Å². The lowest BCUT2D eigenvalue weighted by Crippen LogP contribution is -2.41. The van der Waals surface area contributed by atoms with E-state index in [0.29, 0.717) is 49.7 Å². The summed E-state index contributed by atoms with van der Waals surface area (Å²) < 4.78 is 15.4. The summed E-state index contributed by atoms with van der Waals surface area (Å²) in [7, 11) is 4.29. The molecule has 0 aromatic rings. The topological polar surface area (TPSA) is 82.1 Å². The van der Waals surface area contributed by atoms with Crippen LogP contribution < -0.4 is 0 Å². The van der Waals surface area contributed by atoms with Gasteiger partial charge in [-0.1, -0.05) is 37.6 Å². The molecule has 0 amide bonds. The minimum Gasteiger partial charge on any atom is -0.466 e. The van der Waals surface area contributed by atoms with E-state index < -0.39 is 17.7 Å². The Balaban J connectivity index is 3.34. The molecule has 6 nitrogen and oxygen atoms in total. The monoisotopic (exact) mass is 408 g/mol. The predicted octanol–water partition coefficient (Wildman–Crippen LogP) is 3.89. The van der Waals surface area contributed by atoms with Gasteiger partial charge >= 0.3 is 11.9 Å². The number of allylic oxidation sites excluding steroid dienone is 4. The Morgan fingerprint density at radius 2 is 1.66 bits per heavy atom. The fourth-order valence-corrected chi connectivity index (χ4v) is 3.39. The Morgan fingerprint density at radius 3 is 2.21 bits per heavy atom. The molecule has 29 heavy (non-hydrogen) atoms. The van der Waals surface area contributed by atoms with Gasteiger partial charge in [0.1, 0.15) is 0 Å². The van der Waals surface area contributed by atoms with Crippen molar-refractivity contribution in [3.63, 3.8) is 0 Å². The van der Waals surface area contributed by atoms with Gasteiger partial charge in [0.15, 0.2) is 0 Å². The van der Waals surface area contributed by atoms with Crippen LogP contribution >= 0.6 is 0 Å². The van der Waals surface area contributed by atoms with Crippen LogP contribution in [0, 0.1) is 5.92 Å². The van der Waals surface area contributed by atoms with Gasteiger partial charge < -0.3 is 19.3 Å². The second kappa shape index (κ2) is 11.9. The summed E-state index contributed by atoms with van der Waals surface area (Å²) in [6.07, 6.45) is 7.91. The fourth-order valence-electron chi connectivity index (χ4n) is 3.39. The van der Waals surface area contributed by atoms with E-state index in [2.05, 4.69) is 13.8 Å². The third kappa shape index (κ3) is 7.44. The van der Waals surface area contributed by atoms with Crippen LogP contribution in [0.4, 0.5) is 0 Å². The van der Waals surface area contributed by atoms with Crippen LogP contribution in [-0.2, 0) is 23.8 Å². The van der Waals surface area contributed by atoms with Crippen molar-refractivity contribution in [2.75, 3.05) is 21.3 Å². The Kier molecular flexibility index (Phi) is 10.3. The van der Waals surface area contributed by atoms with E-state index >= 15 is 0 Å². The molecule has 1 rings (SSSR count). The van der Waals surface area contributed by atoms with Crippen molar-refractivity contribution in [2.24, 2.45) is 5.92 Å². The molecule has 0 aromatic carbocycles. The van der Waals surface area contributed by atoms with Crippen molar-refractivity contribution in [1.82, 2.24) is 0 Å². The van der Waals surface area contributed by atoms with Crippen molar-refractivity contribution >= 4 is 11.9 Å². The molecular weight excluding hydrogens is 372 g/mol. The Hall–Kier alpha value is -1.92. The number of aliphatic hydroxyl groups excluding tert-OH is 1. The molecule has 0 aliphatic heterocycles. The lowest BCUT2D eigenvalue weighted by Gasteiger charge is -2.33. The van der Waals surface area contributed by atoms with E-state index in [4.69, 9.17) is 14.2 Å². The first-order chi connectivity index (χ1) is 13.7. The number of rotatable bonds is 4. The maximum Gasteiger partial charge on any atom is 0.333 e. The van der Waals surface area contributed by atoms with Gasteiger partial charge in [0.2, 0.25) is 0 Å². The zero-order valence-electron chi connectivity index (χ0n) is 18.6. The molecule has 6 heteroatoms. The molecule has 164 valence electrons. The summed E-state index contributed by atoms with van der Waals surface area (Å²) >= 11 is 0. The molecule has 0 radical (unpaired) electrons. The van der Waals surface area contributed by atoms with E-state index in [-0.39, 0.29) is 11.9 Å². The van der Waals surface area contributed by atoms with Gasteiger partial charge in [-0.15, -0.1) is 0 Å². The molecule has 0 heterocycles. The van der Waals surface area contributed by atoms with Crippen LogP contribution in [0.25, 0.3) is 0 Å². The first-order valence-corrected chi connectivity index (χ1v) is 10.2. The quantitative estimate of drug-likeness (QED) is 0.711. The molecule has 0 fully saturated rings. The van der Waals surface area contributed by atoms with E-state index in [1.54, 1.807) is 13.2 Å². The number of carbonyl (C=O) groups excluding carboxylic acids is 2. The highest BCUT2D eigenvalue weighted by Crippen LogP contribution is 2.28. The lowest BCUT2D eigenvalue weighted by atomic mass is 9.87. The van der Waals surface area contributed by atoms with Crippen LogP contribution in [0.1, 0.15) is 59.3 Å². The number of hydrogen-bond acceptors (Lipinski definition) is 6. The molecular formula is C23H36O6. The molecule has 0 aromatic heterocycles. The predicted molar refractivity (Wildman–Crippen MR) is 112 cm³/mol. The first-order valence-electron chi connectivity index (χ1n) is 10.2. The van der Waals surface area contributed by atoms with Crippen LogP contribution in [0.5, 0.6) is 0 Å². The molecule has 0 bridgehead atoms. The van der Waals surface area contributed by atoms with Crippen LogP contribution in [0.3, 0.4) is 0 Å². The highest BCUT2D eigenvalue weighted by molar-refractivity contribution is 5.89. The largest absolute Gasteiger partial charge is 0.466 e. The number of esters is 2. The fraction of sp³-hybridized carbons (Fsp3) is 0.652. The highest BCUT2D eigenvalue weighted by Gasteiger charge is 2.32. The van der Waals surface area contributed by atoms with Gasteiger partial charge in [0, 0.05) is 18.3 Å². The third-order valence-electron chi connectivity index (χ3n) is 5.71. The summed E-state index contributed by atoms with van der Waals surface area (Å²) in [4.78, 5) is 24.4. The Bertz CT molecular complexity index is 658. The maximum atomic E-state index is 12.2. The van der Waals surface area contributed by atoms with Crippen molar-refractivity contribution in [3.05, 3.63) is 34.9 Å². The summed E-state index contributed by atoms with van der Waals surface area (Å²) in [6, 6.07) is 0. The van der Waals surface area contributed by atoms with Crippen LogP contribution in [0.15, 0.2) is 34.9 Å². The number of methoxy groups -OCH3 is 3. The zero-order chi connectivity index (χ0) is 22.0. The Morgan fingerprint density at radius 1 is 1.03 bits per heavy atom. The second-order valence-electron chi connectivity index (χ2n) is 7.91. The van der Waals surface area contributed by atoms with Gasteiger partial charge in [0.05, 0.1) is 25.9 Å². The van der Waals surface area contributed by atoms with E-state index in [0.717, 1.165) is 5.57 Å². The Labute approximate surface area is 174 Å². The van der Waals surface area contributed by atoms with Crippen LogP contribution in [-0.4, -0.2) is 50.1 Å². The number of carbonyl (C=O) groups is 2. The number of hydrogen-bond donors (Lipinski definition) is 1. The summed E-state index contributed by atoms with van der Waals surface area (Å²) in [5.74, 6) is -0.483. The molecule has 1 unspecified atom stereocenters. The lowest BCUT2D eigenvalue weighted by molar-refractivity contribution is -0.137. The summed E-state index contributed by atoms with van der Waals surface area (Å²) in [5, 5.41) is 10.7. The molecule has 2 atom stereocenters. The number of ether oxygens (including phenoxy) is 3. The van der Waals surface area contributed by atoms with Gasteiger partial charge in [-0.3, -0.25) is 0 Å². The average molecular weight is 409 g/mol. The normalized spacial score (nSPS) is 30.1. The smallest absolute Gasteiger partial charge is 0.333 e. The molecule has 1 aliphatic rings. The molecule has 1 N–H and O–H groups in total. The average Bonchev–Trinajstić information content (AvgIpc) is 2.71. The standard InChI is InChI=1S/C23H36O6/c1-16(2)17-9-11-18(21(25)27-4)8-7-15-23(3,29-6)20(24)14-13-19(12-10-17)22(26)28-5/h8,10,12,16,20,24H,7,9,11,13-15H2,1-6H3/b17-10-,18-8-,19-12+/t20?,23-/m0/s1. The van der Waals surface area contributed by atoms with Crippen molar-refractivity contribution in [2.45, 2.75) is 71.0 Å². The molecule has 0 saturated carbocycles. The SMILES string of the molecule is COC(=O)/C1=C\CC[C@](C)(OC)C(O)CC/C(C(=O)OC)=C\C=C(/C(C)C)CC1. The highest BCUT2D eigenvalue weighted by atomic mass is 16.5. The first kappa shape index (κ1) is 25.1. The summed E-state index contributed by atoms with van der Waals surface area (Å²) in [5.41, 5.74) is 1.45. The third-order valence-corrected chi connectivity index (χ3v) is 5.71. The van der Waals surface area contributed by atoms with Crippen LogP contribution in [0.2, 0.25) is 0 Å². The van der Waals surface area contributed by atoms with E-state index in [9.17, 15) is 14.7 Å². The molecule has 0 spiro atoms. The summed E-state index contributed by atoms with van der Waals surface area (Å²) in [6.45, 7) is 6.00. The maximum absolute atomic E-state index is 12.2. The zero-order valence-corrected chi connectivity index (χ0v) is 18.6. The van der Waals surface area contributed by atoms with Gasteiger partial charge in [-0.05, 0) is 51.4 Å². The molecule has 0 saturated heterocycles. The van der Waals surface area contributed by atoms with E-state index in [1.165, 1.54) is 14.2 Å². The minimum atomic E-state index is -0.790. The van der Waals surface area contributed by atoms with E-state index in [1.807, 2.05) is 19.1 Å².